The van der Waals surface area contributed by atoms with Gasteiger partial charge in [-0.1, -0.05) is 13.8 Å². The van der Waals surface area contributed by atoms with Crippen molar-refractivity contribution in [3.05, 3.63) is 0 Å². The minimum Gasteiger partial charge on any atom is -0.481 e. The maximum atomic E-state index is 12.0. The predicted octanol–water partition coefficient (Wildman–Crippen LogP) is 0.555. The number of carbonyl (C=O) groups excluding carboxylic acids is 1. The van der Waals surface area contributed by atoms with Gasteiger partial charge >= 0.3 is 5.97 Å². The molecule has 0 aromatic heterocycles. The molecule has 0 radical (unpaired) electrons. The summed E-state index contributed by atoms with van der Waals surface area (Å²) in [5, 5.41) is 12.0. The second kappa shape index (κ2) is 6.59. The van der Waals surface area contributed by atoms with Crippen LogP contribution >= 0.6 is 0 Å². The largest absolute Gasteiger partial charge is 0.481 e. The van der Waals surface area contributed by atoms with Crippen molar-refractivity contribution in [1.29, 1.82) is 0 Å². The van der Waals surface area contributed by atoms with E-state index in [4.69, 9.17) is 5.11 Å². The van der Waals surface area contributed by atoms with Gasteiger partial charge in [-0.05, 0) is 19.4 Å². The maximum Gasteiger partial charge on any atom is 0.306 e. The molecule has 0 spiro atoms. The summed E-state index contributed by atoms with van der Waals surface area (Å²) in [7, 11) is 0. The zero-order chi connectivity index (χ0) is 12.8. The molecule has 17 heavy (non-hydrogen) atoms. The molecular formula is C12H22N2O3. The quantitative estimate of drug-likeness (QED) is 0.739. The number of carboxylic acid groups (broad SMARTS) is 1. The van der Waals surface area contributed by atoms with Gasteiger partial charge in [-0.15, -0.1) is 0 Å². The molecule has 2 N–H and O–H groups in total. The van der Waals surface area contributed by atoms with Crippen LogP contribution in [0.3, 0.4) is 0 Å². The van der Waals surface area contributed by atoms with Crippen LogP contribution in [-0.4, -0.2) is 48.1 Å². The van der Waals surface area contributed by atoms with Crippen LogP contribution in [0.4, 0.5) is 0 Å². The van der Waals surface area contributed by atoms with Gasteiger partial charge in [0, 0.05) is 25.6 Å². The topological polar surface area (TPSA) is 69.6 Å². The average molecular weight is 242 g/mol. The molecule has 1 fully saturated rings. The highest BCUT2D eigenvalue weighted by Gasteiger charge is 2.28. The van der Waals surface area contributed by atoms with Crippen LogP contribution in [0.25, 0.3) is 0 Å². The highest BCUT2D eigenvalue weighted by molar-refractivity contribution is 5.79. The van der Waals surface area contributed by atoms with Gasteiger partial charge in [0.2, 0.25) is 5.91 Å². The van der Waals surface area contributed by atoms with Crippen molar-refractivity contribution < 1.29 is 14.7 Å². The number of nitrogens with one attached hydrogen (secondary N) is 1. The van der Waals surface area contributed by atoms with E-state index in [0.717, 1.165) is 6.54 Å². The number of rotatable bonds is 5. The molecule has 1 rings (SSSR count). The van der Waals surface area contributed by atoms with Gasteiger partial charge in [0.05, 0.1) is 5.92 Å². The summed E-state index contributed by atoms with van der Waals surface area (Å²) in [6, 6.07) is 0. The Labute approximate surface area is 102 Å². The summed E-state index contributed by atoms with van der Waals surface area (Å²) >= 11 is 0. The number of carboxylic acids is 1. The van der Waals surface area contributed by atoms with Gasteiger partial charge in [-0.3, -0.25) is 9.59 Å². The smallest absolute Gasteiger partial charge is 0.306 e. The minimum atomic E-state index is -0.738. The van der Waals surface area contributed by atoms with Crippen molar-refractivity contribution in [2.24, 2.45) is 11.8 Å². The summed E-state index contributed by atoms with van der Waals surface area (Å²) < 4.78 is 0. The lowest BCUT2D eigenvalue weighted by Crippen LogP contribution is -2.44. The van der Waals surface area contributed by atoms with E-state index in [1.54, 1.807) is 4.90 Å². The molecular weight excluding hydrogens is 220 g/mol. The van der Waals surface area contributed by atoms with E-state index >= 15 is 0 Å². The molecule has 1 heterocycles. The average Bonchev–Trinajstić information content (AvgIpc) is 2.35. The molecule has 1 aliphatic rings. The number of hydrogen-bond donors (Lipinski definition) is 2. The molecule has 98 valence electrons. The van der Waals surface area contributed by atoms with Gasteiger partial charge in [-0.2, -0.15) is 0 Å². The first kappa shape index (κ1) is 14.0. The Morgan fingerprint density at radius 3 is 2.47 bits per heavy atom. The molecule has 0 aromatic carbocycles. The van der Waals surface area contributed by atoms with Crippen LogP contribution in [0.1, 0.15) is 26.7 Å². The normalized spacial score (nSPS) is 19.1. The third kappa shape index (κ3) is 4.00. The van der Waals surface area contributed by atoms with Crippen LogP contribution in [0.2, 0.25) is 0 Å². The lowest BCUT2D eigenvalue weighted by Gasteiger charge is -2.32. The molecule has 5 nitrogen and oxygen atoms in total. The lowest BCUT2D eigenvalue weighted by atomic mass is 9.96. The molecule has 1 atom stereocenters. The summed E-state index contributed by atoms with van der Waals surface area (Å²) in [6.07, 6.45) is 1.16. The minimum absolute atomic E-state index is 0.0312. The van der Waals surface area contributed by atoms with Gasteiger partial charge < -0.3 is 15.3 Å². The Kier molecular flexibility index (Phi) is 5.41. The van der Waals surface area contributed by atoms with Crippen LogP contribution in [0.15, 0.2) is 0 Å². The van der Waals surface area contributed by atoms with E-state index in [9.17, 15) is 9.59 Å². The fourth-order valence-electron chi connectivity index (χ4n) is 2.11. The van der Waals surface area contributed by atoms with E-state index in [1.165, 1.54) is 0 Å². The summed E-state index contributed by atoms with van der Waals surface area (Å²) in [5.41, 5.74) is 0. The zero-order valence-corrected chi connectivity index (χ0v) is 10.6. The van der Waals surface area contributed by atoms with Crippen molar-refractivity contribution in [3.63, 3.8) is 0 Å². The third-order valence-electron chi connectivity index (χ3n) is 3.28. The monoisotopic (exact) mass is 242 g/mol. The molecule has 0 saturated carbocycles. The lowest BCUT2D eigenvalue weighted by molar-refractivity contribution is -0.146. The van der Waals surface area contributed by atoms with E-state index in [0.29, 0.717) is 32.5 Å². The maximum absolute atomic E-state index is 12.0. The summed E-state index contributed by atoms with van der Waals surface area (Å²) in [5.74, 6) is -0.910. The zero-order valence-electron chi connectivity index (χ0n) is 10.6. The number of carbonyl (C=O) groups is 2. The predicted molar refractivity (Wildman–Crippen MR) is 64.6 cm³/mol. The van der Waals surface area contributed by atoms with E-state index in [1.807, 2.05) is 13.8 Å². The Morgan fingerprint density at radius 2 is 2.00 bits per heavy atom. The van der Waals surface area contributed by atoms with Crippen LogP contribution in [0.5, 0.6) is 0 Å². The second-order valence-corrected chi connectivity index (χ2v) is 4.65. The van der Waals surface area contributed by atoms with Crippen molar-refractivity contribution in [2.45, 2.75) is 26.7 Å². The Hall–Kier alpha value is -1.10. The number of likely N-dealkylation sites (tertiary alicyclic amines) is 1. The molecule has 1 aliphatic heterocycles. The highest BCUT2D eigenvalue weighted by Crippen LogP contribution is 2.18. The van der Waals surface area contributed by atoms with Crippen LogP contribution in [-0.2, 0) is 9.59 Å². The Bertz CT molecular complexity index is 273. The standard InChI is InChI=1S/C12H22N2O3/c1-3-13-8-9(2)11(15)14-6-4-10(5-7-14)12(16)17/h9-10,13H,3-8H2,1-2H3,(H,16,17). The van der Waals surface area contributed by atoms with Gasteiger partial charge in [0.1, 0.15) is 0 Å². The highest BCUT2D eigenvalue weighted by atomic mass is 16.4. The van der Waals surface area contributed by atoms with Crippen LogP contribution < -0.4 is 5.32 Å². The first-order valence-corrected chi connectivity index (χ1v) is 6.28. The van der Waals surface area contributed by atoms with Crippen molar-refractivity contribution in [2.75, 3.05) is 26.2 Å². The van der Waals surface area contributed by atoms with E-state index < -0.39 is 5.97 Å². The molecule has 1 saturated heterocycles. The van der Waals surface area contributed by atoms with E-state index in [2.05, 4.69) is 5.32 Å². The number of piperidine rings is 1. The molecule has 0 bridgehead atoms. The Morgan fingerprint density at radius 1 is 1.41 bits per heavy atom. The molecule has 5 heteroatoms. The first-order valence-electron chi connectivity index (χ1n) is 6.28. The summed E-state index contributed by atoms with van der Waals surface area (Å²) in [4.78, 5) is 24.6. The van der Waals surface area contributed by atoms with Crippen molar-refractivity contribution in [3.8, 4) is 0 Å². The summed E-state index contributed by atoms with van der Waals surface area (Å²) in [6.45, 7) is 6.62. The van der Waals surface area contributed by atoms with Gasteiger partial charge in [0.15, 0.2) is 0 Å². The number of nitrogens with zero attached hydrogens (tertiary/aromatic N) is 1. The second-order valence-electron chi connectivity index (χ2n) is 4.65. The number of aliphatic carboxylic acids is 1. The fourth-order valence-corrected chi connectivity index (χ4v) is 2.11. The third-order valence-corrected chi connectivity index (χ3v) is 3.28. The first-order chi connectivity index (χ1) is 8.06. The van der Waals surface area contributed by atoms with Gasteiger partial charge in [0.25, 0.3) is 0 Å². The molecule has 1 unspecified atom stereocenters. The number of amides is 1. The fraction of sp³-hybridized carbons (Fsp3) is 0.833. The van der Waals surface area contributed by atoms with E-state index in [-0.39, 0.29) is 17.7 Å². The van der Waals surface area contributed by atoms with Crippen molar-refractivity contribution >= 4 is 11.9 Å². The molecule has 0 aromatic rings. The van der Waals surface area contributed by atoms with Gasteiger partial charge in [-0.25, -0.2) is 0 Å². The molecule has 0 aliphatic carbocycles. The Balaban J connectivity index is 2.37. The van der Waals surface area contributed by atoms with Crippen LogP contribution in [0, 0.1) is 11.8 Å². The van der Waals surface area contributed by atoms with Crippen molar-refractivity contribution in [1.82, 2.24) is 10.2 Å². The SMILES string of the molecule is CCNCC(C)C(=O)N1CCC(C(=O)O)CC1. The molecule has 1 amide bonds. The number of hydrogen-bond acceptors (Lipinski definition) is 3.